The predicted octanol–water partition coefficient (Wildman–Crippen LogP) is 2.12. The molecule has 0 unspecified atom stereocenters. The van der Waals surface area contributed by atoms with E-state index in [1.54, 1.807) is 0 Å². The lowest BCUT2D eigenvalue weighted by Gasteiger charge is -2.07. The van der Waals surface area contributed by atoms with Crippen molar-refractivity contribution in [3.8, 4) is 0 Å². The topological polar surface area (TPSA) is 89.3 Å². The van der Waals surface area contributed by atoms with Crippen molar-refractivity contribution < 1.29 is 13.3 Å². The van der Waals surface area contributed by atoms with Crippen molar-refractivity contribution in [1.82, 2.24) is 4.72 Å². The highest BCUT2D eigenvalue weighted by molar-refractivity contribution is 7.89. The number of nitrogens with zero attached hydrogens (tertiary/aromatic N) is 1. The van der Waals surface area contributed by atoms with Gasteiger partial charge in [-0.1, -0.05) is 42.5 Å². The van der Waals surface area contributed by atoms with E-state index in [-0.39, 0.29) is 11.4 Å². The summed E-state index contributed by atoms with van der Waals surface area (Å²) >= 11 is 0. The summed E-state index contributed by atoms with van der Waals surface area (Å²) in [6.45, 7) is 0.179. The molecular weight excluding hydrogens is 292 g/mol. The van der Waals surface area contributed by atoms with E-state index in [2.05, 4.69) is 4.72 Å². The Bertz CT molecular complexity index is 730. The minimum absolute atomic E-state index is 0.179. The number of sulfonamides is 1. The molecule has 21 heavy (non-hydrogen) atoms. The minimum atomic E-state index is -3.90. The van der Waals surface area contributed by atoms with Crippen molar-refractivity contribution in [2.75, 3.05) is 6.54 Å². The van der Waals surface area contributed by atoms with E-state index in [1.807, 2.05) is 30.3 Å². The Morgan fingerprint density at radius 3 is 2.29 bits per heavy atom. The van der Waals surface area contributed by atoms with E-state index < -0.39 is 20.6 Å². The third-order valence-corrected chi connectivity index (χ3v) is 4.41. The SMILES string of the molecule is O=[N+]([O-])c1ccccc1S(=O)(=O)NCCc1ccccc1. The molecule has 1 N–H and O–H groups in total. The summed E-state index contributed by atoms with van der Waals surface area (Å²) in [5.41, 5.74) is 0.562. The highest BCUT2D eigenvalue weighted by Gasteiger charge is 2.24. The molecule has 2 rings (SSSR count). The fourth-order valence-corrected chi connectivity index (χ4v) is 3.09. The Hall–Kier alpha value is -2.25. The summed E-state index contributed by atoms with van der Waals surface area (Å²) in [5.74, 6) is 0. The molecule has 0 amide bonds. The smallest absolute Gasteiger partial charge is 0.258 e. The normalized spacial score (nSPS) is 11.2. The Labute approximate surface area is 122 Å². The average Bonchev–Trinajstić information content (AvgIpc) is 2.48. The van der Waals surface area contributed by atoms with Crippen molar-refractivity contribution in [2.24, 2.45) is 0 Å². The number of nitro groups is 1. The first-order chi connectivity index (χ1) is 10.0. The van der Waals surface area contributed by atoms with Crippen LogP contribution in [0.2, 0.25) is 0 Å². The van der Waals surface area contributed by atoms with Crippen molar-refractivity contribution in [2.45, 2.75) is 11.3 Å². The third kappa shape index (κ3) is 3.87. The van der Waals surface area contributed by atoms with Crippen LogP contribution in [-0.2, 0) is 16.4 Å². The van der Waals surface area contributed by atoms with E-state index in [1.165, 1.54) is 24.3 Å². The highest BCUT2D eigenvalue weighted by Crippen LogP contribution is 2.22. The van der Waals surface area contributed by atoms with Crippen molar-refractivity contribution in [3.05, 3.63) is 70.3 Å². The second-order valence-corrected chi connectivity index (χ2v) is 6.09. The third-order valence-electron chi connectivity index (χ3n) is 2.90. The van der Waals surface area contributed by atoms with Crippen molar-refractivity contribution >= 4 is 15.7 Å². The van der Waals surface area contributed by atoms with Crippen LogP contribution in [0.3, 0.4) is 0 Å². The van der Waals surface area contributed by atoms with Crippen LogP contribution in [0.4, 0.5) is 5.69 Å². The van der Waals surface area contributed by atoms with E-state index in [0.29, 0.717) is 6.42 Å². The van der Waals surface area contributed by atoms with Crippen LogP contribution in [0.15, 0.2) is 59.5 Å². The molecule has 0 radical (unpaired) electrons. The van der Waals surface area contributed by atoms with Crippen LogP contribution in [-0.4, -0.2) is 19.9 Å². The summed E-state index contributed by atoms with van der Waals surface area (Å²) in [5, 5.41) is 10.9. The van der Waals surface area contributed by atoms with Gasteiger partial charge in [-0.3, -0.25) is 10.1 Å². The molecule has 7 heteroatoms. The lowest BCUT2D eigenvalue weighted by molar-refractivity contribution is -0.387. The molecule has 0 spiro atoms. The monoisotopic (exact) mass is 306 g/mol. The molecule has 0 saturated carbocycles. The summed E-state index contributed by atoms with van der Waals surface area (Å²) in [7, 11) is -3.90. The number of para-hydroxylation sites is 1. The summed E-state index contributed by atoms with van der Waals surface area (Å²) in [4.78, 5) is 9.86. The first-order valence-electron chi connectivity index (χ1n) is 6.28. The van der Waals surface area contributed by atoms with Crippen molar-refractivity contribution in [3.63, 3.8) is 0 Å². The average molecular weight is 306 g/mol. The van der Waals surface area contributed by atoms with Gasteiger partial charge in [0.25, 0.3) is 5.69 Å². The van der Waals surface area contributed by atoms with E-state index in [9.17, 15) is 18.5 Å². The molecule has 110 valence electrons. The van der Waals surface area contributed by atoms with Gasteiger partial charge in [-0.25, -0.2) is 13.1 Å². The van der Waals surface area contributed by atoms with Crippen LogP contribution >= 0.6 is 0 Å². The van der Waals surface area contributed by atoms with E-state index in [0.717, 1.165) is 5.56 Å². The van der Waals surface area contributed by atoms with Gasteiger partial charge in [-0.15, -0.1) is 0 Å². The molecular formula is C14H14N2O4S. The molecule has 0 aromatic heterocycles. The Morgan fingerprint density at radius 1 is 1.00 bits per heavy atom. The van der Waals surface area contributed by atoms with Gasteiger partial charge in [0, 0.05) is 12.6 Å². The molecule has 0 heterocycles. The van der Waals surface area contributed by atoms with Crippen LogP contribution in [0, 0.1) is 10.1 Å². The van der Waals surface area contributed by atoms with Gasteiger partial charge in [0.15, 0.2) is 4.90 Å². The van der Waals surface area contributed by atoms with Crippen LogP contribution in [0.5, 0.6) is 0 Å². The summed E-state index contributed by atoms with van der Waals surface area (Å²) in [6.07, 6.45) is 0.515. The number of nitro benzene ring substituents is 1. The maximum Gasteiger partial charge on any atom is 0.289 e. The molecule has 0 aliphatic rings. The standard InChI is InChI=1S/C14H14N2O4S/c17-16(18)13-8-4-5-9-14(13)21(19,20)15-11-10-12-6-2-1-3-7-12/h1-9,15H,10-11H2. The molecule has 0 fully saturated rings. The van der Waals surface area contributed by atoms with Crippen LogP contribution in [0.1, 0.15) is 5.56 Å². The molecule has 2 aromatic carbocycles. The first kappa shape index (κ1) is 15.1. The Balaban J connectivity index is 2.11. The number of rotatable bonds is 6. The molecule has 0 aliphatic heterocycles. The number of hydrogen-bond acceptors (Lipinski definition) is 4. The number of hydrogen-bond donors (Lipinski definition) is 1. The van der Waals surface area contributed by atoms with Crippen LogP contribution < -0.4 is 4.72 Å². The maximum atomic E-state index is 12.1. The highest BCUT2D eigenvalue weighted by atomic mass is 32.2. The molecule has 2 aromatic rings. The fraction of sp³-hybridized carbons (Fsp3) is 0.143. The van der Waals surface area contributed by atoms with Gasteiger partial charge in [0.2, 0.25) is 10.0 Å². The zero-order valence-corrected chi connectivity index (χ0v) is 11.9. The molecule has 0 saturated heterocycles. The van der Waals surface area contributed by atoms with Gasteiger partial charge >= 0.3 is 0 Å². The largest absolute Gasteiger partial charge is 0.289 e. The van der Waals surface area contributed by atoms with E-state index >= 15 is 0 Å². The predicted molar refractivity (Wildman–Crippen MR) is 78.4 cm³/mol. The quantitative estimate of drug-likeness (QED) is 0.654. The number of benzene rings is 2. The Morgan fingerprint density at radius 2 is 1.62 bits per heavy atom. The second-order valence-electron chi connectivity index (χ2n) is 4.36. The molecule has 0 bridgehead atoms. The van der Waals surface area contributed by atoms with E-state index in [4.69, 9.17) is 0 Å². The van der Waals surface area contributed by atoms with Gasteiger partial charge in [0.1, 0.15) is 0 Å². The van der Waals surface area contributed by atoms with Crippen LogP contribution in [0.25, 0.3) is 0 Å². The van der Waals surface area contributed by atoms with Gasteiger partial charge in [-0.05, 0) is 18.1 Å². The zero-order valence-electron chi connectivity index (χ0n) is 11.1. The fourth-order valence-electron chi connectivity index (χ4n) is 1.89. The summed E-state index contributed by atoms with van der Waals surface area (Å²) < 4.78 is 26.7. The van der Waals surface area contributed by atoms with Gasteiger partial charge in [0.05, 0.1) is 4.92 Å². The first-order valence-corrected chi connectivity index (χ1v) is 7.76. The molecule has 6 nitrogen and oxygen atoms in total. The minimum Gasteiger partial charge on any atom is -0.258 e. The lowest BCUT2D eigenvalue weighted by Crippen LogP contribution is -2.26. The maximum absolute atomic E-state index is 12.1. The van der Waals surface area contributed by atoms with Gasteiger partial charge in [-0.2, -0.15) is 0 Å². The molecule has 0 atom stereocenters. The second kappa shape index (κ2) is 6.47. The zero-order chi connectivity index (χ0) is 15.3. The summed E-state index contributed by atoms with van der Waals surface area (Å²) in [6, 6.07) is 14.7. The van der Waals surface area contributed by atoms with Crippen molar-refractivity contribution in [1.29, 1.82) is 0 Å². The Kier molecular flexibility index (Phi) is 4.66. The lowest BCUT2D eigenvalue weighted by atomic mass is 10.2. The van der Waals surface area contributed by atoms with Gasteiger partial charge < -0.3 is 0 Å². The number of nitrogens with one attached hydrogen (secondary N) is 1. The molecule has 0 aliphatic carbocycles.